The number of hydrogen-bond acceptors (Lipinski definition) is 6. The first-order valence-corrected chi connectivity index (χ1v) is 15.4. The van der Waals surface area contributed by atoms with Crippen LogP contribution in [0.1, 0.15) is 70.9 Å². The second kappa shape index (κ2) is 14.0. The number of carbonyl (C=O) groups is 3. The molecule has 46 heavy (non-hydrogen) atoms. The molecule has 3 aromatic carbocycles. The smallest absolute Gasteiger partial charge is 0.408 e. The summed E-state index contributed by atoms with van der Waals surface area (Å²) in [5, 5.41) is 5.29. The lowest BCUT2D eigenvalue weighted by Gasteiger charge is -2.37. The zero-order chi connectivity index (χ0) is 33.5. The average molecular weight is 625 g/mol. The molecule has 0 aliphatic carbocycles. The summed E-state index contributed by atoms with van der Waals surface area (Å²) in [5.41, 5.74) is 1.33. The number of alkyl carbamates (subject to hydrolysis) is 1. The zero-order valence-corrected chi connectivity index (χ0v) is 27.6. The van der Waals surface area contributed by atoms with E-state index in [4.69, 9.17) is 14.5 Å². The molecule has 2 amide bonds. The molecule has 0 aliphatic rings. The van der Waals surface area contributed by atoms with Gasteiger partial charge in [-0.25, -0.2) is 14.6 Å². The zero-order valence-electron chi connectivity index (χ0n) is 27.6. The van der Waals surface area contributed by atoms with Crippen molar-refractivity contribution >= 4 is 18.0 Å². The van der Waals surface area contributed by atoms with Crippen LogP contribution in [0, 0.1) is 0 Å². The molecular weight excluding hydrogens is 580 g/mol. The fourth-order valence-corrected chi connectivity index (χ4v) is 5.26. The van der Waals surface area contributed by atoms with Crippen LogP contribution in [0.25, 0.3) is 0 Å². The van der Waals surface area contributed by atoms with Crippen molar-refractivity contribution < 1.29 is 23.9 Å². The van der Waals surface area contributed by atoms with E-state index in [0.29, 0.717) is 5.69 Å². The quantitative estimate of drug-likeness (QED) is 0.165. The third-order valence-electron chi connectivity index (χ3n) is 7.15. The maximum Gasteiger partial charge on any atom is 0.408 e. The SMILES string of the molecule is C[C@H](NC(=O)OC(C)(C)C)C(=O)N[C@@H](Cc1cn(C(c2ccccc2)(c2ccccc2)c2ccccc2)cn1)C(=O)OC(C)(C)C. The Balaban J connectivity index is 1.71. The van der Waals surface area contributed by atoms with Crippen molar-refractivity contribution in [1.29, 1.82) is 0 Å². The molecule has 0 bridgehead atoms. The number of aromatic nitrogens is 2. The fourth-order valence-electron chi connectivity index (χ4n) is 5.26. The maximum absolute atomic E-state index is 13.4. The van der Waals surface area contributed by atoms with Gasteiger partial charge in [-0.2, -0.15) is 0 Å². The van der Waals surface area contributed by atoms with Gasteiger partial charge in [0.2, 0.25) is 5.91 Å². The minimum atomic E-state index is -1.07. The summed E-state index contributed by atoms with van der Waals surface area (Å²) in [4.78, 5) is 43.7. The largest absolute Gasteiger partial charge is 0.458 e. The maximum atomic E-state index is 13.4. The van der Waals surface area contributed by atoms with E-state index in [0.717, 1.165) is 16.7 Å². The van der Waals surface area contributed by atoms with Crippen LogP contribution in [-0.4, -0.2) is 50.8 Å². The summed E-state index contributed by atoms with van der Waals surface area (Å²) in [6.45, 7) is 12.0. The Kier molecular flexibility index (Phi) is 10.4. The summed E-state index contributed by atoms with van der Waals surface area (Å²) < 4.78 is 13.0. The van der Waals surface area contributed by atoms with E-state index in [1.807, 2.05) is 65.4 Å². The molecule has 0 aliphatic heterocycles. The lowest BCUT2D eigenvalue weighted by atomic mass is 9.77. The Morgan fingerprint density at radius 1 is 0.717 bits per heavy atom. The standard InChI is InChI=1S/C37H44N4O5/c1-26(39-34(44)46-36(5,6)7)32(42)40-31(33(43)45-35(2,3)4)23-30-24-41(25-38-30)37(27-17-11-8-12-18-27,28-19-13-9-14-20-28)29-21-15-10-16-22-29/h8-22,24-26,31H,23H2,1-7H3,(H,39,44)(H,40,42)/t26-,31-/m0/s1. The molecule has 242 valence electrons. The van der Waals surface area contributed by atoms with Crippen molar-refractivity contribution in [1.82, 2.24) is 20.2 Å². The molecule has 1 aromatic heterocycles. The Hall–Kier alpha value is -4.92. The first kappa shape index (κ1) is 34.0. The fraction of sp³-hybridized carbons (Fsp3) is 0.351. The topological polar surface area (TPSA) is 112 Å². The molecule has 0 saturated heterocycles. The van der Waals surface area contributed by atoms with E-state index in [1.54, 1.807) is 47.9 Å². The summed E-state index contributed by atoms with van der Waals surface area (Å²) in [6, 6.07) is 28.5. The van der Waals surface area contributed by atoms with E-state index >= 15 is 0 Å². The normalized spacial score (nSPS) is 13.3. The number of nitrogens with one attached hydrogen (secondary N) is 2. The van der Waals surface area contributed by atoms with E-state index in [2.05, 4.69) is 47.0 Å². The molecule has 0 fully saturated rings. The van der Waals surface area contributed by atoms with Crippen molar-refractivity contribution in [2.45, 2.75) is 83.7 Å². The molecule has 2 N–H and O–H groups in total. The van der Waals surface area contributed by atoms with Crippen LogP contribution in [0.15, 0.2) is 104 Å². The minimum Gasteiger partial charge on any atom is -0.458 e. The second-order valence-electron chi connectivity index (χ2n) is 13.2. The van der Waals surface area contributed by atoms with Crippen molar-refractivity contribution in [3.63, 3.8) is 0 Å². The molecule has 2 atom stereocenters. The van der Waals surface area contributed by atoms with Gasteiger partial charge in [0.1, 0.15) is 28.8 Å². The number of amides is 2. The van der Waals surface area contributed by atoms with Crippen LogP contribution in [0.3, 0.4) is 0 Å². The molecule has 1 heterocycles. The molecule has 0 saturated carbocycles. The first-order chi connectivity index (χ1) is 21.7. The number of rotatable bonds is 10. The van der Waals surface area contributed by atoms with Gasteiger partial charge in [-0.05, 0) is 65.2 Å². The van der Waals surface area contributed by atoms with Gasteiger partial charge in [-0.1, -0.05) is 91.0 Å². The molecule has 0 radical (unpaired) electrons. The van der Waals surface area contributed by atoms with E-state index in [9.17, 15) is 14.4 Å². The Bertz CT molecular complexity index is 1510. The summed E-state index contributed by atoms with van der Waals surface area (Å²) in [7, 11) is 0. The Morgan fingerprint density at radius 3 is 1.61 bits per heavy atom. The first-order valence-electron chi connectivity index (χ1n) is 15.4. The van der Waals surface area contributed by atoms with Crippen LogP contribution in [0.2, 0.25) is 0 Å². The van der Waals surface area contributed by atoms with Crippen molar-refractivity contribution in [3.8, 4) is 0 Å². The number of esters is 1. The van der Waals surface area contributed by atoms with Gasteiger partial charge >= 0.3 is 12.1 Å². The van der Waals surface area contributed by atoms with Crippen LogP contribution in [-0.2, 0) is 31.0 Å². The van der Waals surface area contributed by atoms with Gasteiger partial charge in [0.25, 0.3) is 0 Å². The number of benzene rings is 3. The van der Waals surface area contributed by atoms with Gasteiger partial charge in [0.05, 0.1) is 12.0 Å². The molecule has 4 aromatic rings. The summed E-state index contributed by atoms with van der Waals surface area (Å²) >= 11 is 0. The van der Waals surface area contributed by atoms with Gasteiger partial charge in [-0.15, -0.1) is 0 Å². The molecule has 0 unspecified atom stereocenters. The van der Waals surface area contributed by atoms with Gasteiger partial charge < -0.3 is 24.7 Å². The number of ether oxygens (including phenoxy) is 2. The number of hydrogen-bond donors (Lipinski definition) is 2. The second-order valence-corrected chi connectivity index (χ2v) is 13.2. The van der Waals surface area contributed by atoms with Crippen molar-refractivity contribution in [2.75, 3.05) is 0 Å². The van der Waals surface area contributed by atoms with Crippen molar-refractivity contribution in [2.24, 2.45) is 0 Å². The Labute approximate surface area is 271 Å². The Morgan fingerprint density at radius 2 is 1.17 bits per heavy atom. The van der Waals surface area contributed by atoms with Crippen LogP contribution < -0.4 is 10.6 Å². The van der Waals surface area contributed by atoms with Crippen LogP contribution >= 0.6 is 0 Å². The molecular formula is C37H44N4O5. The van der Waals surface area contributed by atoms with Gasteiger partial charge in [0, 0.05) is 12.6 Å². The van der Waals surface area contributed by atoms with Crippen LogP contribution in [0.4, 0.5) is 4.79 Å². The summed E-state index contributed by atoms with van der Waals surface area (Å²) in [5.74, 6) is -1.17. The predicted octanol–water partition coefficient (Wildman–Crippen LogP) is 6.01. The highest BCUT2D eigenvalue weighted by Crippen LogP contribution is 2.40. The van der Waals surface area contributed by atoms with E-state index < -0.39 is 46.8 Å². The number of imidazole rings is 1. The van der Waals surface area contributed by atoms with E-state index in [1.165, 1.54) is 6.92 Å². The molecule has 4 rings (SSSR count). The molecule has 9 heteroatoms. The predicted molar refractivity (Wildman–Crippen MR) is 177 cm³/mol. The summed E-state index contributed by atoms with van der Waals surface area (Å²) in [6.07, 6.45) is 2.98. The lowest BCUT2D eigenvalue weighted by Crippen LogP contribution is -2.52. The number of carbonyl (C=O) groups excluding carboxylic acids is 3. The highest BCUT2D eigenvalue weighted by molar-refractivity contribution is 5.89. The van der Waals surface area contributed by atoms with Gasteiger partial charge in [0.15, 0.2) is 0 Å². The minimum absolute atomic E-state index is 0.0568. The van der Waals surface area contributed by atoms with Crippen LogP contribution in [0.5, 0.6) is 0 Å². The third-order valence-corrected chi connectivity index (χ3v) is 7.15. The molecule has 9 nitrogen and oxygen atoms in total. The average Bonchev–Trinajstić information content (AvgIpc) is 3.45. The van der Waals surface area contributed by atoms with Crippen molar-refractivity contribution in [3.05, 3.63) is 126 Å². The highest BCUT2D eigenvalue weighted by Gasteiger charge is 2.39. The highest BCUT2D eigenvalue weighted by atomic mass is 16.6. The number of nitrogens with zero attached hydrogens (tertiary/aromatic N) is 2. The monoisotopic (exact) mass is 624 g/mol. The van der Waals surface area contributed by atoms with E-state index in [-0.39, 0.29) is 6.42 Å². The molecule has 0 spiro atoms. The van der Waals surface area contributed by atoms with Gasteiger partial charge in [-0.3, -0.25) is 4.79 Å². The lowest BCUT2D eigenvalue weighted by molar-refractivity contribution is -0.158. The third kappa shape index (κ3) is 8.41.